The zero-order valence-corrected chi connectivity index (χ0v) is 14.7. The predicted molar refractivity (Wildman–Crippen MR) is 102 cm³/mol. The molecule has 7 heteroatoms. The minimum Gasteiger partial charge on any atom is -0.306 e. The molecule has 0 bridgehead atoms. The highest BCUT2D eigenvalue weighted by Crippen LogP contribution is 2.23. The second-order valence-corrected chi connectivity index (χ2v) is 6.61. The van der Waals surface area contributed by atoms with Gasteiger partial charge in [0, 0.05) is 17.2 Å². The molecule has 0 aliphatic rings. The van der Waals surface area contributed by atoms with Crippen molar-refractivity contribution >= 4 is 34.3 Å². The van der Waals surface area contributed by atoms with Crippen molar-refractivity contribution in [3.05, 3.63) is 77.2 Å². The number of hydrogen-bond donors (Lipinski definition) is 2. The van der Waals surface area contributed by atoms with E-state index in [-0.39, 0.29) is 23.8 Å². The van der Waals surface area contributed by atoms with Gasteiger partial charge in [0.15, 0.2) is 0 Å². The lowest BCUT2D eigenvalue weighted by molar-refractivity contribution is -0.128. The van der Waals surface area contributed by atoms with E-state index in [1.54, 1.807) is 12.1 Å². The first-order valence-electron chi connectivity index (χ1n) is 7.96. The highest BCUT2D eigenvalue weighted by atomic mass is 32.2. The lowest BCUT2D eigenvalue weighted by Crippen LogP contribution is -2.44. The fourth-order valence-corrected chi connectivity index (χ4v) is 3.11. The Bertz CT molecular complexity index is 1000. The number of nitrogens with zero attached hydrogens (tertiary/aromatic N) is 1. The highest BCUT2D eigenvalue weighted by Gasteiger charge is 2.07. The molecule has 132 valence electrons. The normalized spacial score (nSPS) is 10.5. The van der Waals surface area contributed by atoms with Crippen LogP contribution in [0.4, 0.5) is 0 Å². The summed E-state index contributed by atoms with van der Waals surface area (Å²) in [6, 6.07) is 18.6. The van der Waals surface area contributed by atoms with Crippen molar-refractivity contribution in [1.82, 2.24) is 15.4 Å². The summed E-state index contributed by atoms with van der Waals surface area (Å²) >= 11 is 1.38. The van der Waals surface area contributed by atoms with E-state index in [0.29, 0.717) is 0 Å². The molecule has 26 heavy (non-hydrogen) atoms. The maximum atomic E-state index is 11.9. The molecule has 0 spiro atoms. The summed E-state index contributed by atoms with van der Waals surface area (Å²) < 4.78 is 1.26. The van der Waals surface area contributed by atoms with E-state index in [1.165, 1.54) is 28.6 Å². The monoisotopic (exact) mass is 367 g/mol. The SMILES string of the molecule is O=C(CSc1ccc2ccccc2c1)NNC(=O)Cn1ccccc1=O. The first kappa shape index (κ1) is 17.8. The average Bonchev–Trinajstić information content (AvgIpc) is 2.66. The maximum absolute atomic E-state index is 11.9. The van der Waals surface area contributed by atoms with E-state index in [2.05, 4.69) is 10.9 Å². The molecular weight excluding hydrogens is 350 g/mol. The van der Waals surface area contributed by atoms with Gasteiger partial charge in [-0.15, -0.1) is 11.8 Å². The Kier molecular flexibility index (Phi) is 5.70. The second-order valence-electron chi connectivity index (χ2n) is 5.56. The largest absolute Gasteiger partial charge is 0.306 e. The van der Waals surface area contributed by atoms with E-state index < -0.39 is 5.91 Å². The van der Waals surface area contributed by atoms with Crippen molar-refractivity contribution in [2.45, 2.75) is 11.4 Å². The third kappa shape index (κ3) is 4.73. The molecule has 6 nitrogen and oxygen atoms in total. The molecule has 1 heterocycles. The van der Waals surface area contributed by atoms with Crippen molar-refractivity contribution < 1.29 is 9.59 Å². The summed E-state index contributed by atoms with van der Waals surface area (Å²) in [7, 11) is 0. The Labute approximate surface area is 154 Å². The Morgan fingerprint density at radius 3 is 2.42 bits per heavy atom. The van der Waals surface area contributed by atoms with Crippen LogP contribution in [0.3, 0.4) is 0 Å². The first-order valence-corrected chi connectivity index (χ1v) is 8.95. The molecule has 3 rings (SSSR count). The summed E-state index contributed by atoms with van der Waals surface area (Å²) in [5.41, 5.74) is 4.39. The van der Waals surface area contributed by atoms with Crippen LogP contribution in [0.25, 0.3) is 10.8 Å². The van der Waals surface area contributed by atoms with Crippen LogP contribution in [0.15, 0.2) is 76.6 Å². The van der Waals surface area contributed by atoms with E-state index in [4.69, 9.17) is 0 Å². The number of rotatable bonds is 5. The topological polar surface area (TPSA) is 80.2 Å². The number of hydrogen-bond acceptors (Lipinski definition) is 4. The Balaban J connectivity index is 1.47. The van der Waals surface area contributed by atoms with Crippen LogP contribution in [-0.2, 0) is 16.1 Å². The van der Waals surface area contributed by atoms with E-state index in [1.807, 2.05) is 42.5 Å². The fraction of sp³-hybridized carbons (Fsp3) is 0.105. The van der Waals surface area contributed by atoms with Gasteiger partial charge in [0.1, 0.15) is 6.54 Å². The molecule has 0 saturated carbocycles. The molecule has 1 aromatic heterocycles. The van der Waals surface area contributed by atoms with Gasteiger partial charge in [-0.3, -0.25) is 25.2 Å². The molecule has 0 aliphatic carbocycles. The number of fused-ring (bicyclic) bond motifs is 1. The number of carbonyl (C=O) groups is 2. The van der Waals surface area contributed by atoms with Gasteiger partial charge in [-0.2, -0.15) is 0 Å². The predicted octanol–water partition coefficient (Wildman–Crippen LogP) is 1.94. The molecule has 0 atom stereocenters. The van der Waals surface area contributed by atoms with Crippen LogP contribution in [0.5, 0.6) is 0 Å². The fourth-order valence-electron chi connectivity index (χ4n) is 2.37. The van der Waals surface area contributed by atoms with Gasteiger partial charge in [0.25, 0.3) is 11.5 Å². The van der Waals surface area contributed by atoms with Crippen molar-refractivity contribution in [2.75, 3.05) is 5.75 Å². The lowest BCUT2D eigenvalue weighted by Gasteiger charge is -2.09. The summed E-state index contributed by atoms with van der Waals surface area (Å²) in [4.78, 5) is 36.2. The standard InChI is InChI=1S/C19H17N3O3S/c23-17(12-22-10-4-3-7-19(22)25)20-21-18(24)13-26-16-9-8-14-5-1-2-6-15(14)11-16/h1-11H,12-13H2,(H,20,23)(H,21,24). The minimum atomic E-state index is -0.470. The van der Waals surface area contributed by atoms with Crippen LogP contribution < -0.4 is 16.4 Å². The molecule has 0 aliphatic heterocycles. The zero-order valence-electron chi connectivity index (χ0n) is 13.8. The van der Waals surface area contributed by atoms with Crippen molar-refractivity contribution in [3.63, 3.8) is 0 Å². The molecule has 2 N–H and O–H groups in total. The second kappa shape index (κ2) is 8.35. The van der Waals surface area contributed by atoms with Gasteiger partial charge in [-0.05, 0) is 29.0 Å². The zero-order chi connectivity index (χ0) is 18.4. The number of carbonyl (C=O) groups excluding carboxylic acids is 2. The van der Waals surface area contributed by atoms with Crippen molar-refractivity contribution in [1.29, 1.82) is 0 Å². The van der Waals surface area contributed by atoms with Crippen LogP contribution in [0.2, 0.25) is 0 Å². The molecule has 0 unspecified atom stereocenters. The molecule has 0 radical (unpaired) electrons. The molecule has 0 saturated heterocycles. The van der Waals surface area contributed by atoms with Crippen molar-refractivity contribution in [3.8, 4) is 0 Å². The van der Waals surface area contributed by atoms with Crippen LogP contribution >= 0.6 is 11.8 Å². The van der Waals surface area contributed by atoms with Crippen LogP contribution in [0, 0.1) is 0 Å². The summed E-state index contributed by atoms with van der Waals surface area (Å²) in [6.45, 7) is -0.155. The smallest absolute Gasteiger partial charge is 0.258 e. The third-order valence-corrected chi connectivity index (χ3v) is 4.64. The quantitative estimate of drug-likeness (QED) is 0.534. The lowest BCUT2D eigenvalue weighted by atomic mass is 10.1. The number of hydrazine groups is 1. The average molecular weight is 367 g/mol. The van der Waals surface area contributed by atoms with Crippen LogP contribution in [-0.4, -0.2) is 22.1 Å². The Morgan fingerprint density at radius 2 is 1.62 bits per heavy atom. The number of nitrogens with one attached hydrogen (secondary N) is 2. The highest BCUT2D eigenvalue weighted by molar-refractivity contribution is 8.00. The van der Waals surface area contributed by atoms with Gasteiger partial charge in [0.05, 0.1) is 5.75 Å². The number of thioether (sulfide) groups is 1. The minimum absolute atomic E-state index is 0.155. The summed E-state index contributed by atoms with van der Waals surface area (Å²) in [5, 5.41) is 2.25. The molecule has 0 fully saturated rings. The molecular formula is C19H17N3O3S. The number of amides is 2. The Morgan fingerprint density at radius 1 is 0.885 bits per heavy atom. The number of aromatic nitrogens is 1. The van der Waals surface area contributed by atoms with Gasteiger partial charge in [-0.25, -0.2) is 0 Å². The molecule has 2 amide bonds. The van der Waals surface area contributed by atoms with E-state index >= 15 is 0 Å². The van der Waals surface area contributed by atoms with Crippen molar-refractivity contribution in [2.24, 2.45) is 0 Å². The molecule has 3 aromatic rings. The van der Waals surface area contributed by atoms with Gasteiger partial charge < -0.3 is 4.57 Å². The molecule has 2 aromatic carbocycles. The van der Waals surface area contributed by atoms with Gasteiger partial charge in [-0.1, -0.05) is 36.4 Å². The maximum Gasteiger partial charge on any atom is 0.258 e. The van der Waals surface area contributed by atoms with E-state index in [9.17, 15) is 14.4 Å². The summed E-state index contributed by atoms with van der Waals surface area (Å²) in [6.07, 6.45) is 1.51. The van der Waals surface area contributed by atoms with Gasteiger partial charge in [0.2, 0.25) is 5.91 Å². The van der Waals surface area contributed by atoms with Gasteiger partial charge >= 0.3 is 0 Å². The van der Waals surface area contributed by atoms with Crippen LogP contribution in [0.1, 0.15) is 0 Å². The number of benzene rings is 2. The third-order valence-electron chi connectivity index (χ3n) is 3.65. The Hall–Kier alpha value is -3.06. The van der Waals surface area contributed by atoms with E-state index in [0.717, 1.165) is 15.7 Å². The first-order chi connectivity index (χ1) is 12.6. The summed E-state index contributed by atoms with van der Waals surface area (Å²) in [5.74, 6) is -0.622. The number of pyridine rings is 1.